The molecular weight excluding hydrogens is 224 g/mol. The molecule has 18 heavy (non-hydrogen) atoms. The van der Waals surface area contributed by atoms with E-state index in [0.29, 0.717) is 11.9 Å². The van der Waals surface area contributed by atoms with E-state index in [1.165, 1.54) is 31.4 Å². The lowest BCUT2D eigenvalue weighted by molar-refractivity contribution is 0.521. The second-order valence-corrected chi connectivity index (χ2v) is 4.95. The topological polar surface area (TPSA) is 38.1 Å². The molecular formula is C15H18N2O. The number of nitrogens with one attached hydrogen (secondary N) is 1. The van der Waals surface area contributed by atoms with E-state index in [4.69, 9.17) is 4.42 Å². The van der Waals surface area contributed by atoms with Crippen LogP contribution in [0.2, 0.25) is 0 Å². The molecule has 0 radical (unpaired) electrons. The zero-order chi connectivity index (χ0) is 12.4. The van der Waals surface area contributed by atoms with Gasteiger partial charge in [0.15, 0.2) is 5.89 Å². The van der Waals surface area contributed by atoms with Crippen molar-refractivity contribution in [1.29, 1.82) is 0 Å². The van der Waals surface area contributed by atoms with Crippen LogP contribution in [0.1, 0.15) is 31.6 Å². The predicted molar refractivity (Wildman–Crippen MR) is 72.6 cm³/mol. The fraction of sp³-hybridized carbons (Fsp3) is 0.400. The standard InChI is InChI=1S/C15H18N2O/c1-11-16-15(10-18-11)12-6-8-14(9-7-12)17-13-4-2-3-5-13/h6-10,13,17H,2-5H2,1H3. The van der Waals surface area contributed by atoms with Crippen LogP contribution in [0.3, 0.4) is 0 Å². The molecule has 3 heteroatoms. The van der Waals surface area contributed by atoms with Crippen molar-refractivity contribution < 1.29 is 4.42 Å². The first-order valence-corrected chi connectivity index (χ1v) is 6.60. The van der Waals surface area contributed by atoms with Crippen LogP contribution < -0.4 is 5.32 Å². The quantitative estimate of drug-likeness (QED) is 0.883. The molecule has 3 rings (SSSR count). The van der Waals surface area contributed by atoms with Gasteiger partial charge in [-0.15, -0.1) is 0 Å². The normalized spacial score (nSPS) is 16.1. The van der Waals surface area contributed by atoms with E-state index >= 15 is 0 Å². The average Bonchev–Trinajstić information content (AvgIpc) is 3.02. The number of hydrogen-bond donors (Lipinski definition) is 1. The van der Waals surface area contributed by atoms with Crippen molar-refractivity contribution in [2.45, 2.75) is 38.6 Å². The Labute approximate surface area is 107 Å². The lowest BCUT2D eigenvalue weighted by Crippen LogP contribution is -2.14. The maximum atomic E-state index is 5.23. The Morgan fingerprint density at radius 3 is 2.50 bits per heavy atom. The molecule has 1 aliphatic rings. The van der Waals surface area contributed by atoms with Crippen LogP contribution in [-0.4, -0.2) is 11.0 Å². The van der Waals surface area contributed by atoms with Crippen LogP contribution in [0.4, 0.5) is 5.69 Å². The molecule has 0 atom stereocenters. The van der Waals surface area contributed by atoms with Crippen molar-refractivity contribution >= 4 is 5.69 Å². The molecule has 0 unspecified atom stereocenters. The van der Waals surface area contributed by atoms with E-state index in [9.17, 15) is 0 Å². The predicted octanol–water partition coefficient (Wildman–Crippen LogP) is 4.00. The van der Waals surface area contributed by atoms with Gasteiger partial charge in [0, 0.05) is 24.2 Å². The molecule has 0 aliphatic heterocycles. The summed E-state index contributed by atoms with van der Waals surface area (Å²) in [6, 6.07) is 9.09. The first-order valence-electron chi connectivity index (χ1n) is 6.60. The number of hydrogen-bond acceptors (Lipinski definition) is 3. The van der Waals surface area contributed by atoms with Crippen molar-refractivity contribution in [3.05, 3.63) is 36.4 Å². The summed E-state index contributed by atoms with van der Waals surface area (Å²) in [5.74, 6) is 0.707. The van der Waals surface area contributed by atoms with E-state index in [1.54, 1.807) is 6.26 Å². The van der Waals surface area contributed by atoms with Gasteiger partial charge in [0.05, 0.1) is 0 Å². The number of oxazole rings is 1. The summed E-state index contributed by atoms with van der Waals surface area (Å²) in [7, 11) is 0. The molecule has 1 N–H and O–H groups in total. The van der Waals surface area contributed by atoms with Crippen LogP contribution in [0.5, 0.6) is 0 Å². The molecule has 1 heterocycles. The minimum atomic E-state index is 0.658. The molecule has 0 spiro atoms. The van der Waals surface area contributed by atoms with Gasteiger partial charge in [-0.3, -0.25) is 0 Å². The lowest BCUT2D eigenvalue weighted by Gasteiger charge is -2.13. The van der Waals surface area contributed by atoms with Crippen molar-refractivity contribution in [2.75, 3.05) is 5.32 Å². The van der Waals surface area contributed by atoms with Crippen molar-refractivity contribution in [3.63, 3.8) is 0 Å². The molecule has 3 nitrogen and oxygen atoms in total. The molecule has 1 aliphatic carbocycles. The van der Waals surface area contributed by atoms with Gasteiger partial charge in [-0.05, 0) is 25.0 Å². The molecule has 94 valence electrons. The Hall–Kier alpha value is -1.77. The highest BCUT2D eigenvalue weighted by Gasteiger charge is 2.14. The highest BCUT2D eigenvalue weighted by molar-refractivity contribution is 5.62. The van der Waals surface area contributed by atoms with Crippen LogP contribution in [0.15, 0.2) is 34.9 Å². The fourth-order valence-electron chi connectivity index (χ4n) is 2.54. The second-order valence-electron chi connectivity index (χ2n) is 4.95. The average molecular weight is 242 g/mol. The van der Waals surface area contributed by atoms with Crippen LogP contribution in [0, 0.1) is 6.92 Å². The van der Waals surface area contributed by atoms with E-state index in [-0.39, 0.29) is 0 Å². The zero-order valence-corrected chi connectivity index (χ0v) is 10.6. The number of benzene rings is 1. The molecule has 0 saturated heterocycles. The number of nitrogens with zero attached hydrogens (tertiary/aromatic N) is 1. The van der Waals surface area contributed by atoms with E-state index < -0.39 is 0 Å². The summed E-state index contributed by atoms with van der Waals surface area (Å²) in [5, 5.41) is 3.58. The highest BCUT2D eigenvalue weighted by atomic mass is 16.3. The van der Waals surface area contributed by atoms with Crippen LogP contribution in [-0.2, 0) is 0 Å². The van der Waals surface area contributed by atoms with Gasteiger partial charge >= 0.3 is 0 Å². The molecule has 0 amide bonds. The minimum Gasteiger partial charge on any atom is -0.449 e. The van der Waals surface area contributed by atoms with Gasteiger partial charge < -0.3 is 9.73 Å². The highest BCUT2D eigenvalue weighted by Crippen LogP contribution is 2.24. The first-order chi connectivity index (χ1) is 8.81. The molecule has 0 bridgehead atoms. The Morgan fingerprint density at radius 1 is 1.17 bits per heavy atom. The number of anilines is 1. The monoisotopic (exact) mass is 242 g/mol. The van der Waals surface area contributed by atoms with Crippen LogP contribution >= 0.6 is 0 Å². The van der Waals surface area contributed by atoms with Gasteiger partial charge in [-0.25, -0.2) is 4.98 Å². The van der Waals surface area contributed by atoms with Gasteiger partial charge in [0.1, 0.15) is 12.0 Å². The number of rotatable bonds is 3. The first kappa shape index (κ1) is 11.3. The zero-order valence-electron chi connectivity index (χ0n) is 10.6. The summed E-state index contributed by atoms with van der Waals surface area (Å²) >= 11 is 0. The van der Waals surface area contributed by atoms with E-state index in [1.807, 2.05) is 6.92 Å². The summed E-state index contributed by atoms with van der Waals surface area (Å²) < 4.78 is 5.23. The van der Waals surface area contributed by atoms with Crippen LogP contribution in [0.25, 0.3) is 11.3 Å². The Kier molecular flexibility index (Phi) is 3.05. The molecule has 2 aromatic rings. The molecule has 1 aromatic heterocycles. The minimum absolute atomic E-state index is 0.658. The van der Waals surface area contributed by atoms with Gasteiger partial charge in [0.2, 0.25) is 0 Å². The van der Waals surface area contributed by atoms with Crippen molar-refractivity contribution in [1.82, 2.24) is 4.98 Å². The molecule has 1 fully saturated rings. The molecule has 1 saturated carbocycles. The summed E-state index contributed by atoms with van der Waals surface area (Å²) in [5.41, 5.74) is 3.20. The smallest absolute Gasteiger partial charge is 0.191 e. The second kappa shape index (κ2) is 4.84. The maximum absolute atomic E-state index is 5.23. The lowest BCUT2D eigenvalue weighted by atomic mass is 10.1. The number of aryl methyl sites for hydroxylation is 1. The van der Waals surface area contributed by atoms with Crippen molar-refractivity contribution in [2.24, 2.45) is 0 Å². The third-order valence-corrected chi connectivity index (χ3v) is 3.53. The van der Waals surface area contributed by atoms with Gasteiger partial charge in [-0.2, -0.15) is 0 Å². The number of aromatic nitrogens is 1. The van der Waals surface area contributed by atoms with Gasteiger partial charge in [-0.1, -0.05) is 25.0 Å². The maximum Gasteiger partial charge on any atom is 0.191 e. The van der Waals surface area contributed by atoms with E-state index in [0.717, 1.165) is 11.3 Å². The summed E-state index contributed by atoms with van der Waals surface area (Å²) in [4.78, 5) is 4.33. The third kappa shape index (κ3) is 2.40. The Bertz CT molecular complexity index is 510. The molecule has 1 aromatic carbocycles. The SMILES string of the molecule is Cc1nc(-c2ccc(NC3CCCC3)cc2)co1. The summed E-state index contributed by atoms with van der Waals surface area (Å²) in [6.45, 7) is 1.86. The Morgan fingerprint density at radius 2 is 1.89 bits per heavy atom. The van der Waals surface area contributed by atoms with Crippen molar-refractivity contribution in [3.8, 4) is 11.3 Å². The van der Waals surface area contributed by atoms with Gasteiger partial charge in [0.25, 0.3) is 0 Å². The summed E-state index contributed by atoms with van der Waals surface area (Å²) in [6.07, 6.45) is 7.01. The Balaban J connectivity index is 1.72. The largest absolute Gasteiger partial charge is 0.449 e. The van der Waals surface area contributed by atoms with E-state index in [2.05, 4.69) is 34.6 Å². The fourth-order valence-corrected chi connectivity index (χ4v) is 2.54. The third-order valence-electron chi connectivity index (χ3n) is 3.53.